The van der Waals surface area contributed by atoms with Gasteiger partial charge in [-0.2, -0.15) is 4.98 Å². The van der Waals surface area contributed by atoms with Crippen LogP contribution < -0.4 is 21.1 Å². The van der Waals surface area contributed by atoms with E-state index < -0.39 is 5.60 Å². The van der Waals surface area contributed by atoms with E-state index in [1.54, 1.807) is 22.5 Å². The average Bonchev–Trinajstić information content (AvgIpc) is 3.61. The number of allylic oxidation sites excluding steroid dienone is 2. The van der Waals surface area contributed by atoms with Crippen LogP contribution in [0, 0.1) is 11.8 Å². The second-order valence-corrected chi connectivity index (χ2v) is 11.1. The number of nitrogens with one attached hydrogen (secondary N) is 2. The first-order valence-electron chi connectivity index (χ1n) is 13.6. The zero-order valence-electron chi connectivity index (χ0n) is 21.9. The number of hydrogen-bond donors (Lipinski definition) is 3. The monoisotopic (exact) mass is 524 g/mol. The highest BCUT2D eigenvalue weighted by molar-refractivity contribution is 5.77. The van der Waals surface area contributed by atoms with E-state index in [1.807, 2.05) is 42.5 Å². The van der Waals surface area contributed by atoms with Gasteiger partial charge in [-0.3, -0.25) is 4.79 Å². The van der Waals surface area contributed by atoms with Crippen LogP contribution in [-0.4, -0.2) is 55.6 Å². The summed E-state index contributed by atoms with van der Waals surface area (Å²) >= 11 is 0. The van der Waals surface area contributed by atoms with Crippen LogP contribution in [0.15, 0.2) is 65.6 Å². The number of pyridine rings is 1. The molecule has 0 aliphatic carbocycles. The first-order chi connectivity index (χ1) is 19.0. The molecule has 4 aromatic rings. The third-order valence-corrected chi connectivity index (χ3v) is 8.30. The molecule has 2 unspecified atom stereocenters. The van der Waals surface area contributed by atoms with E-state index >= 15 is 0 Å². The number of anilines is 3. The first kappa shape index (κ1) is 24.1. The van der Waals surface area contributed by atoms with Crippen molar-refractivity contribution in [1.82, 2.24) is 29.6 Å². The molecular weight excluding hydrogens is 492 g/mol. The van der Waals surface area contributed by atoms with Gasteiger partial charge < -0.3 is 20.6 Å². The largest absolute Gasteiger partial charge is 0.384 e. The van der Waals surface area contributed by atoms with Crippen molar-refractivity contribution >= 4 is 28.4 Å². The van der Waals surface area contributed by atoms with E-state index in [9.17, 15) is 9.90 Å². The van der Waals surface area contributed by atoms with Gasteiger partial charge in [-0.1, -0.05) is 18.2 Å². The third kappa shape index (κ3) is 4.29. The summed E-state index contributed by atoms with van der Waals surface area (Å²) in [7, 11) is 0. The topological polar surface area (TPSA) is 113 Å². The van der Waals surface area contributed by atoms with Gasteiger partial charge in [0.25, 0.3) is 5.56 Å². The number of nitrogens with zero attached hydrogens (tertiary/aromatic N) is 6. The molecular formula is C29H32N8O2. The predicted octanol–water partition coefficient (Wildman–Crippen LogP) is 2.93. The predicted molar refractivity (Wildman–Crippen MR) is 151 cm³/mol. The van der Waals surface area contributed by atoms with Gasteiger partial charge in [-0.15, -0.1) is 0 Å². The zero-order valence-corrected chi connectivity index (χ0v) is 21.9. The molecule has 0 saturated carbocycles. The summed E-state index contributed by atoms with van der Waals surface area (Å²) in [6.07, 6.45) is 6.72. The Morgan fingerprint density at radius 2 is 1.85 bits per heavy atom. The molecule has 0 spiro atoms. The Morgan fingerprint density at radius 1 is 1.05 bits per heavy atom. The molecule has 2 saturated heterocycles. The minimum Gasteiger partial charge on any atom is -0.384 e. The van der Waals surface area contributed by atoms with Crippen LogP contribution >= 0.6 is 0 Å². The molecule has 3 aliphatic rings. The van der Waals surface area contributed by atoms with Gasteiger partial charge in [0.2, 0.25) is 5.95 Å². The highest BCUT2D eigenvalue weighted by Crippen LogP contribution is 2.31. The van der Waals surface area contributed by atoms with Crippen LogP contribution in [-0.2, 0) is 12.1 Å². The SMILES string of the molecule is C[C@@]1(O)CC/C=C\Cn2c(=O)c3cnc(Nc4ccc(N5CC6CNCC6C5)cc4)nc3n2-c2cccc1n2. The van der Waals surface area contributed by atoms with Crippen molar-refractivity contribution in [2.45, 2.75) is 31.9 Å². The molecule has 200 valence electrons. The van der Waals surface area contributed by atoms with Crippen LogP contribution in [0.25, 0.3) is 16.9 Å². The smallest absolute Gasteiger partial charge is 0.278 e. The summed E-state index contributed by atoms with van der Waals surface area (Å²) in [4.78, 5) is 29.8. The van der Waals surface area contributed by atoms with E-state index in [-0.39, 0.29) is 5.56 Å². The number of fused-ring (bicyclic) bond motifs is 7. The number of aliphatic hydroxyl groups is 1. The molecule has 7 rings (SSSR count). The fourth-order valence-corrected chi connectivity index (χ4v) is 6.06. The van der Waals surface area contributed by atoms with Crippen molar-refractivity contribution < 1.29 is 5.11 Å². The Balaban J connectivity index is 1.23. The Hall–Kier alpha value is -4.02. The molecule has 2 fully saturated rings. The minimum absolute atomic E-state index is 0.186. The van der Waals surface area contributed by atoms with Crippen LogP contribution in [0.4, 0.5) is 17.3 Å². The number of hydrogen-bond acceptors (Lipinski definition) is 8. The quantitative estimate of drug-likeness (QED) is 0.351. The molecule has 10 nitrogen and oxygen atoms in total. The summed E-state index contributed by atoms with van der Waals surface area (Å²) in [6, 6.07) is 13.9. The fraction of sp³-hybridized carbons (Fsp3) is 0.379. The summed E-state index contributed by atoms with van der Waals surface area (Å²) < 4.78 is 3.34. The minimum atomic E-state index is -1.09. The normalized spacial score (nSPS) is 25.2. The molecule has 10 heteroatoms. The number of aromatic nitrogens is 5. The molecule has 1 aromatic carbocycles. The van der Waals surface area contributed by atoms with E-state index in [0.717, 1.165) is 43.7 Å². The first-order valence-corrected chi connectivity index (χ1v) is 13.6. The molecule has 3 aliphatic heterocycles. The van der Waals surface area contributed by atoms with Crippen molar-refractivity contribution in [2.75, 3.05) is 36.4 Å². The van der Waals surface area contributed by atoms with Crippen molar-refractivity contribution in [1.29, 1.82) is 0 Å². The maximum Gasteiger partial charge on any atom is 0.278 e. The van der Waals surface area contributed by atoms with Gasteiger partial charge in [-0.05, 0) is 68.0 Å². The molecule has 0 amide bonds. The number of benzene rings is 1. The van der Waals surface area contributed by atoms with Gasteiger partial charge >= 0.3 is 0 Å². The Kier molecular flexibility index (Phi) is 5.75. The maximum atomic E-state index is 13.4. The highest BCUT2D eigenvalue weighted by Gasteiger charge is 2.36. The molecule has 39 heavy (non-hydrogen) atoms. The average molecular weight is 525 g/mol. The van der Waals surface area contributed by atoms with Gasteiger partial charge in [-0.25, -0.2) is 19.3 Å². The van der Waals surface area contributed by atoms with Crippen LogP contribution in [0.5, 0.6) is 0 Å². The van der Waals surface area contributed by atoms with Gasteiger partial charge in [0.15, 0.2) is 11.5 Å². The molecule has 2 bridgehead atoms. The molecule has 6 heterocycles. The van der Waals surface area contributed by atoms with Crippen LogP contribution in [0.2, 0.25) is 0 Å². The van der Waals surface area contributed by atoms with E-state index in [1.165, 1.54) is 5.69 Å². The lowest BCUT2D eigenvalue weighted by Gasteiger charge is -2.22. The van der Waals surface area contributed by atoms with Crippen LogP contribution in [0.3, 0.4) is 0 Å². The number of rotatable bonds is 3. The second-order valence-electron chi connectivity index (χ2n) is 11.1. The summed E-state index contributed by atoms with van der Waals surface area (Å²) in [5.41, 5.74) is 1.85. The van der Waals surface area contributed by atoms with Crippen molar-refractivity contribution in [3.8, 4) is 5.82 Å². The lowest BCUT2D eigenvalue weighted by molar-refractivity contribution is 0.0443. The highest BCUT2D eigenvalue weighted by atomic mass is 16.3. The van der Waals surface area contributed by atoms with Crippen molar-refractivity contribution in [2.24, 2.45) is 11.8 Å². The van der Waals surface area contributed by atoms with Crippen LogP contribution in [0.1, 0.15) is 25.5 Å². The molecule has 3 N–H and O–H groups in total. The second kappa shape index (κ2) is 9.32. The maximum absolute atomic E-state index is 13.4. The fourth-order valence-electron chi connectivity index (χ4n) is 6.06. The van der Waals surface area contributed by atoms with Crippen molar-refractivity contribution in [3.63, 3.8) is 0 Å². The Morgan fingerprint density at radius 3 is 2.64 bits per heavy atom. The van der Waals surface area contributed by atoms with Crippen molar-refractivity contribution in [3.05, 3.63) is 76.9 Å². The summed E-state index contributed by atoms with van der Waals surface area (Å²) in [6.45, 7) is 6.55. The lowest BCUT2D eigenvalue weighted by atomic mass is 9.95. The Labute approximate surface area is 226 Å². The summed E-state index contributed by atoms with van der Waals surface area (Å²) in [5.74, 6) is 2.40. The van der Waals surface area contributed by atoms with E-state index in [4.69, 9.17) is 9.97 Å². The third-order valence-electron chi connectivity index (χ3n) is 8.30. The Bertz CT molecular complexity index is 1610. The molecule has 3 aromatic heterocycles. The zero-order chi connectivity index (χ0) is 26.6. The lowest BCUT2D eigenvalue weighted by Crippen LogP contribution is -2.25. The van der Waals surface area contributed by atoms with E-state index in [2.05, 4.69) is 32.7 Å². The van der Waals surface area contributed by atoms with Gasteiger partial charge in [0.05, 0.1) is 12.2 Å². The van der Waals surface area contributed by atoms with E-state index in [0.29, 0.717) is 47.9 Å². The molecule has 0 radical (unpaired) electrons. The molecule has 3 atom stereocenters. The van der Waals surface area contributed by atoms with Gasteiger partial charge in [0, 0.05) is 43.8 Å². The summed E-state index contributed by atoms with van der Waals surface area (Å²) in [5, 5.41) is 18.2. The standard InChI is InChI=1S/C29H32N8O2/c1-29(39)12-3-2-4-13-36-27(38)23-16-31-28(34-26(23)37(36)25-7-5-6-24(29)33-25)32-21-8-10-22(11-9-21)35-17-19-14-30-15-20(19)18-35/h2,4-11,16,19-20,30,39H,3,12-15,17-18H2,1H3,(H,31,32,34)/b4-2-/t19?,20?,29-/m1/s1. The van der Waals surface area contributed by atoms with Gasteiger partial charge in [0.1, 0.15) is 11.0 Å².